The molecule has 154 valence electrons. The number of benzene rings is 1. The van der Waals surface area contributed by atoms with E-state index in [0.29, 0.717) is 5.11 Å². The Morgan fingerprint density at radius 3 is 2.48 bits per heavy atom. The Labute approximate surface area is 178 Å². The van der Waals surface area contributed by atoms with E-state index in [4.69, 9.17) is 17.0 Å². The van der Waals surface area contributed by atoms with Gasteiger partial charge in [-0.2, -0.15) is 0 Å². The summed E-state index contributed by atoms with van der Waals surface area (Å²) in [6.07, 6.45) is 8.17. The summed E-state index contributed by atoms with van der Waals surface area (Å²) in [4.78, 5) is 6.83. The predicted octanol–water partition coefficient (Wildman–Crippen LogP) is 4.11. The van der Waals surface area contributed by atoms with Crippen LogP contribution in [0.5, 0.6) is 0 Å². The molecule has 2 aromatic rings. The Hall–Kier alpha value is -2.18. The number of nitrogens with zero attached hydrogens (tertiary/aromatic N) is 2. The van der Waals surface area contributed by atoms with Gasteiger partial charge in [-0.3, -0.25) is 0 Å². The van der Waals surface area contributed by atoms with Crippen molar-refractivity contribution in [2.75, 3.05) is 43.1 Å². The summed E-state index contributed by atoms with van der Waals surface area (Å²) >= 11 is 5.59. The van der Waals surface area contributed by atoms with E-state index in [1.54, 1.807) is 0 Å². The summed E-state index contributed by atoms with van der Waals surface area (Å²) in [5.74, 6) is 0.989. The number of hydrogen-bond acceptors (Lipinski definition) is 4. The Balaban J connectivity index is 1.35. The number of rotatable bonds is 5. The third kappa shape index (κ3) is 5.06. The largest absolute Gasteiger partial charge is 0.378 e. The van der Waals surface area contributed by atoms with Gasteiger partial charge in [-0.25, -0.2) is 4.98 Å². The zero-order chi connectivity index (χ0) is 19.9. The molecule has 0 spiro atoms. The van der Waals surface area contributed by atoms with E-state index < -0.39 is 0 Å². The van der Waals surface area contributed by atoms with Crippen LogP contribution in [0.2, 0.25) is 0 Å². The fourth-order valence-corrected chi connectivity index (χ4v) is 4.64. The summed E-state index contributed by atoms with van der Waals surface area (Å²) in [7, 11) is 0. The van der Waals surface area contributed by atoms with E-state index in [2.05, 4.69) is 50.8 Å². The molecule has 0 bridgehead atoms. The van der Waals surface area contributed by atoms with E-state index in [1.165, 1.54) is 37.7 Å². The summed E-state index contributed by atoms with van der Waals surface area (Å²) < 4.78 is 5.41. The maximum Gasteiger partial charge on any atom is 0.170 e. The number of ether oxygens (including phenoxy) is 1. The van der Waals surface area contributed by atoms with Crippen LogP contribution in [-0.4, -0.2) is 42.9 Å². The van der Waals surface area contributed by atoms with Gasteiger partial charge in [0.15, 0.2) is 5.11 Å². The molecule has 1 aliphatic carbocycles. The third-order valence-corrected chi connectivity index (χ3v) is 6.37. The highest BCUT2D eigenvalue weighted by Gasteiger charge is 2.33. The highest BCUT2D eigenvalue weighted by molar-refractivity contribution is 7.80. The van der Waals surface area contributed by atoms with E-state index in [9.17, 15) is 0 Å². The van der Waals surface area contributed by atoms with Crippen molar-refractivity contribution < 1.29 is 4.74 Å². The lowest BCUT2D eigenvalue weighted by Crippen LogP contribution is -2.43. The zero-order valence-electron chi connectivity index (χ0n) is 16.9. The number of aromatic nitrogens is 1. The third-order valence-electron chi connectivity index (χ3n) is 6.12. The quantitative estimate of drug-likeness (QED) is 0.724. The van der Waals surface area contributed by atoms with Gasteiger partial charge in [0, 0.05) is 25.0 Å². The highest BCUT2D eigenvalue weighted by Crippen LogP contribution is 2.38. The zero-order valence-corrected chi connectivity index (χ0v) is 17.7. The lowest BCUT2D eigenvalue weighted by molar-refractivity contribution is 0.122. The average molecular weight is 411 g/mol. The number of hydrogen-bond donors (Lipinski definition) is 2. The lowest BCUT2D eigenvalue weighted by Gasteiger charge is -2.38. The Morgan fingerprint density at radius 1 is 1.03 bits per heavy atom. The second-order valence-corrected chi connectivity index (χ2v) is 8.43. The van der Waals surface area contributed by atoms with Crippen LogP contribution in [0.1, 0.15) is 37.7 Å². The first-order valence-electron chi connectivity index (χ1n) is 10.6. The van der Waals surface area contributed by atoms with Crippen molar-refractivity contribution in [3.05, 3.63) is 54.2 Å². The molecule has 0 amide bonds. The van der Waals surface area contributed by atoms with Gasteiger partial charge in [0.2, 0.25) is 0 Å². The van der Waals surface area contributed by atoms with Crippen LogP contribution in [0.25, 0.3) is 0 Å². The molecule has 1 aromatic heterocycles. The summed E-state index contributed by atoms with van der Waals surface area (Å²) in [6, 6.07) is 15.0. The first kappa shape index (κ1) is 20.1. The maximum atomic E-state index is 5.59. The second-order valence-electron chi connectivity index (χ2n) is 8.02. The van der Waals surface area contributed by atoms with Crippen molar-refractivity contribution in [2.45, 2.75) is 37.5 Å². The normalized spacial score (nSPS) is 18.8. The van der Waals surface area contributed by atoms with Crippen molar-refractivity contribution in [2.24, 2.45) is 0 Å². The first-order chi connectivity index (χ1) is 14.3. The Bertz CT molecular complexity index is 784. The molecule has 0 radical (unpaired) electrons. The van der Waals surface area contributed by atoms with Crippen LogP contribution in [0.4, 0.5) is 11.5 Å². The van der Waals surface area contributed by atoms with Crippen LogP contribution in [0, 0.1) is 0 Å². The maximum absolute atomic E-state index is 5.59. The molecular weight excluding hydrogens is 380 g/mol. The molecule has 1 saturated carbocycles. The Morgan fingerprint density at radius 2 is 1.79 bits per heavy atom. The van der Waals surface area contributed by atoms with Crippen molar-refractivity contribution in [1.82, 2.24) is 10.3 Å². The minimum atomic E-state index is 0.170. The monoisotopic (exact) mass is 410 g/mol. The van der Waals surface area contributed by atoms with Crippen LogP contribution >= 0.6 is 12.2 Å². The van der Waals surface area contributed by atoms with Gasteiger partial charge in [0.1, 0.15) is 5.82 Å². The fraction of sp³-hybridized carbons (Fsp3) is 0.478. The summed E-state index contributed by atoms with van der Waals surface area (Å²) in [5.41, 5.74) is 2.51. The highest BCUT2D eigenvalue weighted by atomic mass is 32.1. The molecular formula is C23H30N4OS. The molecule has 1 saturated heterocycles. The van der Waals surface area contributed by atoms with Gasteiger partial charge in [-0.1, -0.05) is 49.6 Å². The van der Waals surface area contributed by atoms with Crippen molar-refractivity contribution >= 4 is 28.8 Å². The molecule has 5 nitrogen and oxygen atoms in total. The molecule has 2 aliphatic rings. The molecule has 1 aliphatic heterocycles. The smallest absolute Gasteiger partial charge is 0.170 e. The molecule has 29 heavy (non-hydrogen) atoms. The Kier molecular flexibility index (Phi) is 6.62. The molecule has 2 fully saturated rings. The topological polar surface area (TPSA) is 49.4 Å². The van der Waals surface area contributed by atoms with E-state index in [0.717, 1.165) is 44.4 Å². The molecule has 0 atom stereocenters. The SMILES string of the molecule is S=C(NCC1(c2ccccc2)CCCCC1)Nc1ccc(N2CCOCC2)nc1. The first-order valence-corrected chi connectivity index (χ1v) is 11.1. The van der Waals surface area contributed by atoms with Crippen LogP contribution in [0.3, 0.4) is 0 Å². The minimum Gasteiger partial charge on any atom is -0.378 e. The van der Waals surface area contributed by atoms with Gasteiger partial charge in [-0.15, -0.1) is 0 Å². The average Bonchev–Trinajstić information content (AvgIpc) is 2.80. The number of nitrogens with one attached hydrogen (secondary N) is 2. The standard InChI is InChI=1S/C23H30N4OS/c29-22(26-20-9-10-21(24-17-20)27-13-15-28-16-14-27)25-18-23(11-5-2-6-12-23)19-7-3-1-4-8-19/h1,3-4,7-10,17H,2,5-6,11-16,18H2,(H2,25,26,29). The predicted molar refractivity (Wildman–Crippen MR) is 123 cm³/mol. The molecule has 2 heterocycles. The minimum absolute atomic E-state index is 0.170. The van der Waals surface area contributed by atoms with Gasteiger partial charge in [0.25, 0.3) is 0 Å². The number of morpholine rings is 1. The number of pyridine rings is 1. The summed E-state index contributed by atoms with van der Waals surface area (Å²) in [6.45, 7) is 4.17. The van der Waals surface area contributed by atoms with Gasteiger partial charge in [0.05, 0.1) is 25.1 Å². The van der Waals surface area contributed by atoms with E-state index >= 15 is 0 Å². The fourth-order valence-electron chi connectivity index (χ4n) is 4.45. The van der Waals surface area contributed by atoms with Crippen LogP contribution in [-0.2, 0) is 10.2 Å². The number of thiocarbonyl (C=S) groups is 1. The van der Waals surface area contributed by atoms with Gasteiger partial charge < -0.3 is 20.3 Å². The van der Waals surface area contributed by atoms with Crippen molar-refractivity contribution in [3.8, 4) is 0 Å². The van der Waals surface area contributed by atoms with Gasteiger partial charge in [-0.05, 0) is 42.8 Å². The van der Waals surface area contributed by atoms with Crippen LogP contribution < -0.4 is 15.5 Å². The molecule has 6 heteroatoms. The van der Waals surface area contributed by atoms with Gasteiger partial charge >= 0.3 is 0 Å². The van der Waals surface area contributed by atoms with E-state index in [-0.39, 0.29) is 5.41 Å². The molecule has 2 N–H and O–H groups in total. The van der Waals surface area contributed by atoms with E-state index in [1.807, 2.05) is 18.3 Å². The molecule has 1 aromatic carbocycles. The summed E-state index contributed by atoms with van der Waals surface area (Å²) in [5, 5.41) is 7.44. The lowest BCUT2D eigenvalue weighted by atomic mass is 9.69. The van der Waals surface area contributed by atoms with Crippen LogP contribution in [0.15, 0.2) is 48.7 Å². The molecule has 4 rings (SSSR count). The van der Waals surface area contributed by atoms with Crippen molar-refractivity contribution in [3.63, 3.8) is 0 Å². The molecule has 0 unspecified atom stereocenters. The second kappa shape index (κ2) is 9.55. The number of anilines is 2. The van der Waals surface area contributed by atoms with Crippen molar-refractivity contribution in [1.29, 1.82) is 0 Å².